The molecule has 6 atom stereocenters. The number of anilines is 1. The zero-order valence-corrected chi connectivity index (χ0v) is 19.9. The number of aliphatic carboxylic acids is 1. The maximum atomic E-state index is 14.0. The summed E-state index contributed by atoms with van der Waals surface area (Å²) in [7, 11) is 1.56. The van der Waals surface area contributed by atoms with E-state index in [1.54, 1.807) is 42.4 Å². The Morgan fingerprint density at radius 2 is 2.09 bits per heavy atom. The summed E-state index contributed by atoms with van der Waals surface area (Å²) in [6.07, 6.45) is 2.11. The van der Waals surface area contributed by atoms with E-state index in [-0.39, 0.29) is 41.6 Å². The molecule has 1 aromatic rings. The van der Waals surface area contributed by atoms with E-state index in [2.05, 4.69) is 22.5 Å². The van der Waals surface area contributed by atoms with E-state index in [0.717, 1.165) is 0 Å². The molecule has 3 saturated heterocycles. The van der Waals surface area contributed by atoms with Crippen molar-refractivity contribution in [1.82, 2.24) is 4.90 Å². The smallest absolute Gasteiger partial charge is 0.308 e. The number of rotatable bonds is 8. The molecule has 10 heteroatoms. The number of nitrogens with zero attached hydrogens (tertiary/aromatic N) is 2. The summed E-state index contributed by atoms with van der Waals surface area (Å²) in [6.45, 7) is 3.65. The number of fused-ring (bicyclic) bond motifs is 1. The molecule has 2 amide bonds. The van der Waals surface area contributed by atoms with Crippen molar-refractivity contribution in [2.75, 3.05) is 31.7 Å². The van der Waals surface area contributed by atoms with Crippen LogP contribution >= 0.6 is 27.7 Å². The predicted molar refractivity (Wildman–Crippen MR) is 124 cm³/mol. The third-order valence-corrected chi connectivity index (χ3v) is 9.83. The molecule has 32 heavy (non-hydrogen) atoms. The van der Waals surface area contributed by atoms with Crippen LogP contribution in [0.4, 0.5) is 5.69 Å². The highest BCUT2D eigenvalue weighted by Crippen LogP contribution is 2.67. The summed E-state index contributed by atoms with van der Waals surface area (Å²) in [5.41, 5.74) is 0.620. The van der Waals surface area contributed by atoms with E-state index in [1.807, 2.05) is 0 Å². The number of hydrogen-bond acceptors (Lipinski definition) is 6. The van der Waals surface area contributed by atoms with Crippen molar-refractivity contribution in [3.8, 4) is 5.75 Å². The zero-order chi connectivity index (χ0) is 23.2. The number of aliphatic hydroxyl groups is 1. The summed E-state index contributed by atoms with van der Waals surface area (Å²) in [5.74, 6) is -2.73. The number of likely N-dealkylation sites (tertiary alicyclic amines) is 1. The fraction of sp³-hybridized carbons (Fsp3) is 0.500. The van der Waals surface area contributed by atoms with Crippen LogP contribution in [0.15, 0.2) is 36.9 Å². The van der Waals surface area contributed by atoms with Crippen LogP contribution in [-0.4, -0.2) is 80.6 Å². The lowest BCUT2D eigenvalue weighted by Crippen LogP contribution is -2.56. The minimum absolute atomic E-state index is 0.0252. The van der Waals surface area contributed by atoms with E-state index in [1.165, 1.54) is 16.7 Å². The molecule has 3 fully saturated rings. The number of aliphatic hydroxyl groups excluding tert-OH is 1. The minimum atomic E-state index is -1.03. The molecular formula is C22H25BrN2O6S. The third-order valence-electron chi connectivity index (χ3n) is 6.61. The third kappa shape index (κ3) is 3.34. The van der Waals surface area contributed by atoms with Gasteiger partial charge in [-0.25, -0.2) is 0 Å². The van der Waals surface area contributed by atoms with Gasteiger partial charge in [0.2, 0.25) is 5.91 Å². The van der Waals surface area contributed by atoms with Gasteiger partial charge >= 0.3 is 5.97 Å². The Morgan fingerprint density at radius 3 is 2.66 bits per heavy atom. The van der Waals surface area contributed by atoms with Gasteiger partial charge in [0.1, 0.15) is 11.8 Å². The van der Waals surface area contributed by atoms with Gasteiger partial charge < -0.3 is 24.7 Å². The summed E-state index contributed by atoms with van der Waals surface area (Å²) < 4.78 is 4.34. The number of carbonyl (C=O) groups is 3. The lowest BCUT2D eigenvalue weighted by molar-refractivity contribution is -0.148. The Morgan fingerprint density at radius 1 is 1.41 bits per heavy atom. The van der Waals surface area contributed by atoms with Crippen molar-refractivity contribution in [3.05, 3.63) is 36.9 Å². The van der Waals surface area contributed by atoms with Crippen LogP contribution in [0.1, 0.15) is 6.42 Å². The standard InChI is InChI=1S/C22H25BrN2O6S/c1-3-8-24(12-4-6-13(31-2)7-5-12)20(28)18-22-11-14(23)17(32-22)15(21(29)30)16(22)19(27)25(18)9-10-26/h3-7,14-18,26H,1,8-11H2,2H3,(H,29,30)/t14?,15-,16+,17-,18?,22?/m1/s1. The van der Waals surface area contributed by atoms with E-state index in [9.17, 15) is 24.6 Å². The number of methoxy groups -OCH3 is 1. The average Bonchev–Trinajstić information content (AvgIpc) is 3.36. The van der Waals surface area contributed by atoms with Crippen LogP contribution in [-0.2, 0) is 14.4 Å². The number of thioether (sulfide) groups is 1. The molecule has 3 unspecified atom stereocenters. The molecule has 3 heterocycles. The minimum Gasteiger partial charge on any atom is -0.497 e. The molecule has 2 N–H and O–H groups in total. The van der Waals surface area contributed by atoms with Gasteiger partial charge in [0.15, 0.2) is 0 Å². The van der Waals surface area contributed by atoms with E-state index in [4.69, 9.17) is 4.74 Å². The fourth-order valence-corrected chi connectivity index (χ4v) is 9.00. The molecule has 0 saturated carbocycles. The van der Waals surface area contributed by atoms with Crippen molar-refractivity contribution < 1.29 is 29.3 Å². The van der Waals surface area contributed by atoms with E-state index in [0.29, 0.717) is 17.9 Å². The molecule has 4 rings (SSSR count). The van der Waals surface area contributed by atoms with Crippen LogP contribution in [0.3, 0.4) is 0 Å². The van der Waals surface area contributed by atoms with Gasteiger partial charge in [-0.15, -0.1) is 18.3 Å². The van der Waals surface area contributed by atoms with Crippen molar-refractivity contribution in [2.45, 2.75) is 27.3 Å². The summed E-state index contributed by atoms with van der Waals surface area (Å²) in [4.78, 5) is 42.4. The monoisotopic (exact) mass is 524 g/mol. The number of carboxylic acids is 1. The Labute approximate surface area is 198 Å². The molecule has 1 spiro atoms. The highest BCUT2D eigenvalue weighted by molar-refractivity contribution is 9.09. The first-order valence-electron chi connectivity index (χ1n) is 10.3. The number of hydrogen-bond donors (Lipinski definition) is 2. The molecule has 2 bridgehead atoms. The largest absolute Gasteiger partial charge is 0.497 e. The number of halogens is 1. The zero-order valence-electron chi connectivity index (χ0n) is 17.5. The number of amides is 2. The molecule has 0 aliphatic carbocycles. The van der Waals surface area contributed by atoms with Crippen molar-refractivity contribution in [3.63, 3.8) is 0 Å². The number of ether oxygens (including phenoxy) is 1. The van der Waals surface area contributed by atoms with Crippen LogP contribution in [0, 0.1) is 11.8 Å². The second-order valence-electron chi connectivity index (χ2n) is 8.19. The van der Waals surface area contributed by atoms with Crippen molar-refractivity contribution in [2.24, 2.45) is 11.8 Å². The number of benzene rings is 1. The van der Waals surface area contributed by atoms with E-state index >= 15 is 0 Å². The normalized spacial score (nSPS) is 32.7. The van der Waals surface area contributed by atoms with Crippen molar-refractivity contribution in [1.29, 1.82) is 0 Å². The number of alkyl halides is 1. The number of β-amino-alcohol motifs (C(OH)–C–C–N with tert-alkyl or cyclic N) is 1. The van der Waals surface area contributed by atoms with Gasteiger partial charge in [0, 0.05) is 28.9 Å². The molecule has 3 aliphatic heterocycles. The lowest BCUT2D eigenvalue weighted by atomic mass is 9.71. The SMILES string of the molecule is C=CCN(C(=O)C1N(CCO)C(=O)[C@@H]2[C@@H](C(=O)O)[C@@H]3SC12CC3Br)c1ccc(OC)cc1. The maximum Gasteiger partial charge on any atom is 0.308 e. The second kappa shape index (κ2) is 8.72. The Balaban J connectivity index is 1.78. The Hall–Kier alpha value is -2.04. The van der Waals surface area contributed by atoms with Crippen LogP contribution < -0.4 is 9.64 Å². The van der Waals surface area contributed by atoms with Gasteiger partial charge in [-0.2, -0.15) is 0 Å². The molecule has 1 aromatic carbocycles. The van der Waals surface area contributed by atoms with Crippen molar-refractivity contribution >= 4 is 51.2 Å². The summed E-state index contributed by atoms with van der Waals surface area (Å²) >= 11 is 5.04. The molecular weight excluding hydrogens is 500 g/mol. The summed E-state index contributed by atoms with van der Waals surface area (Å²) in [5, 5.41) is 19.2. The molecule has 0 radical (unpaired) electrons. The van der Waals surface area contributed by atoms with Gasteiger partial charge in [-0.05, 0) is 30.7 Å². The van der Waals surface area contributed by atoms with Gasteiger partial charge in [-0.3, -0.25) is 14.4 Å². The molecule has 172 valence electrons. The lowest BCUT2D eigenvalue weighted by Gasteiger charge is -2.37. The van der Waals surface area contributed by atoms with Gasteiger partial charge in [0.25, 0.3) is 5.91 Å². The number of carbonyl (C=O) groups excluding carboxylic acids is 2. The van der Waals surface area contributed by atoms with E-state index < -0.39 is 28.6 Å². The highest BCUT2D eigenvalue weighted by Gasteiger charge is 2.76. The Bertz CT molecular complexity index is 943. The first-order chi connectivity index (χ1) is 15.3. The van der Waals surface area contributed by atoms with Gasteiger partial charge in [0.05, 0.1) is 30.3 Å². The molecule has 3 aliphatic rings. The maximum absolute atomic E-state index is 14.0. The Kier molecular flexibility index (Phi) is 6.30. The fourth-order valence-electron chi connectivity index (χ4n) is 5.40. The quantitative estimate of drug-likeness (QED) is 0.394. The van der Waals surface area contributed by atoms with Crippen LogP contribution in [0.25, 0.3) is 0 Å². The van der Waals surface area contributed by atoms with Crippen LogP contribution in [0.2, 0.25) is 0 Å². The summed E-state index contributed by atoms with van der Waals surface area (Å²) in [6, 6.07) is 6.13. The topological polar surface area (TPSA) is 107 Å². The van der Waals surface area contributed by atoms with Crippen LogP contribution in [0.5, 0.6) is 5.75 Å². The average molecular weight is 525 g/mol. The molecule has 0 aromatic heterocycles. The highest BCUT2D eigenvalue weighted by atomic mass is 79.9. The number of carboxylic acid groups (broad SMARTS) is 1. The first kappa shape index (κ1) is 23.1. The molecule has 8 nitrogen and oxygen atoms in total. The first-order valence-corrected chi connectivity index (χ1v) is 12.1. The van der Waals surface area contributed by atoms with Gasteiger partial charge in [-0.1, -0.05) is 22.0 Å². The second-order valence-corrected chi connectivity index (χ2v) is 10.9. The predicted octanol–water partition coefficient (Wildman–Crippen LogP) is 1.76.